The molecule has 0 amide bonds. The van der Waals surface area contributed by atoms with Crippen molar-refractivity contribution in [2.24, 2.45) is 0 Å². The highest BCUT2D eigenvalue weighted by Crippen LogP contribution is 2.20. The number of likely N-dealkylation sites (N-methyl/N-ethyl adjacent to an activating group) is 1. The lowest BCUT2D eigenvalue weighted by molar-refractivity contribution is 0.0459. The van der Waals surface area contributed by atoms with Gasteiger partial charge in [-0.25, -0.2) is 9.50 Å². The number of nitrogens with zero attached hydrogens (tertiary/aromatic N) is 4. The van der Waals surface area contributed by atoms with Crippen molar-refractivity contribution >= 4 is 11.3 Å². The zero-order valence-electron chi connectivity index (χ0n) is 13.5. The maximum Gasteiger partial charge on any atom is 0.152 e. The summed E-state index contributed by atoms with van der Waals surface area (Å²) in [5, 5.41) is 18.1. The quantitative estimate of drug-likeness (QED) is 0.846. The number of fused-ring (bicyclic) bond motifs is 1. The number of hydrogen-bond donors (Lipinski definition) is 2. The van der Waals surface area contributed by atoms with Crippen LogP contribution in [0.3, 0.4) is 0 Å². The van der Waals surface area contributed by atoms with Crippen molar-refractivity contribution in [1.82, 2.24) is 19.5 Å². The Hall–Kier alpha value is -1.66. The van der Waals surface area contributed by atoms with E-state index in [4.69, 9.17) is 0 Å². The van der Waals surface area contributed by atoms with Crippen molar-refractivity contribution < 1.29 is 5.11 Å². The molecule has 0 aromatic carbocycles. The predicted molar refractivity (Wildman–Crippen MR) is 84.7 cm³/mol. The molecule has 21 heavy (non-hydrogen) atoms. The highest BCUT2D eigenvalue weighted by atomic mass is 16.3. The molecule has 0 aliphatic heterocycles. The van der Waals surface area contributed by atoms with Crippen LogP contribution in [0.5, 0.6) is 0 Å². The molecule has 0 bridgehead atoms. The first-order valence-electron chi connectivity index (χ1n) is 7.24. The first kappa shape index (κ1) is 15.7. The average molecular weight is 291 g/mol. The summed E-state index contributed by atoms with van der Waals surface area (Å²) < 4.78 is 1.82. The minimum absolute atomic E-state index is 0.370. The van der Waals surface area contributed by atoms with E-state index in [2.05, 4.69) is 29.2 Å². The molecule has 0 radical (unpaired) electrons. The molecule has 0 saturated carbocycles. The molecule has 6 heteroatoms. The van der Waals surface area contributed by atoms with Gasteiger partial charge in [-0.1, -0.05) is 13.8 Å². The van der Waals surface area contributed by atoms with Gasteiger partial charge >= 0.3 is 0 Å². The molecule has 6 nitrogen and oxygen atoms in total. The van der Waals surface area contributed by atoms with E-state index in [9.17, 15) is 5.11 Å². The van der Waals surface area contributed by atoms with E-state index in [1.54, 1.807) is 6.20 Å². The van der Waals surface area contributed by atoms with Crippen molar-refractivity contribution in [3.8, 4) is 0 Å². The Bertz CT molecular complexity index is 603. The highest BCUT2D eigenvalue weighted by Gasteiger charge is 2.21. The first-order valence-corrected chi connectivity index (χ1v) is 7.24. The third-order valence-corrected chi connectivity index (χ3v) is 3.29. The Balaban J connectivity index is 2.18. The van der Waals surface area contributed by atoms with Gasteiger partial charge in [0.1, 0.15) is 5.52 Å². The molecule has 2 aromatic rings. The largest absolute Gasteiger partial charge is 0.387 e. The van der Waals surface area contributed by atoms with Gasteiger partial charge in [-0.2, -0.15) is 5.10 Å². The second-order valence-corrected chi connectivity index (χ2v) is 6.42. The molecule has 1 atom stereocenters. The summed E-state index contributed by atoms with van der Waals surface area (Å²) in [5.74, 6) is 1.12. The van der Waals surface area contributed by atoms with E-state index in [0.29, 0.717) is 19.0 Å². The van der Waals surface area contributed by atoms with Crippen molar-refractivity contribution in [2.45, 2.75) is 32.3 Å². The lowest BCUT2D eigenvalue weighted by Gasteiger charge is -2.27. The lowest BCUT2D eigenvalue weighted by Crippen LogP contribution is -2.43. The number of nitrogens with one attached hydrogen (secondary N) is 1. The Labute approximate surface area is 125 Å². The first-order chi connectivity index (χ1) is 9.78. The topological polar surface area (TPSA) is 65.7 Å². The monoisotopic (exact) mass is 291 g/mol. The van der Waals surface area contributed by atoms with Crippen molar-refractivity contribution in [3.05, 3.63) is 24.2 Å². The fraction of sp³-hybridized carbons (Fsp3) is 0.600. The number of hydrogen-bond acceptors (Lipinski definition) is 5. The van der Waals surface area contributed by atoms with Gasteiger partial charge in [0.15, 0.2) is 5.82 Å². The van der Waals surface area contributed by atoms with Crippen LogP contribution in [-0.2, 0) is 0 Å². The summed E-state index contributed by atoms with van der Waals surface area (Å²) in [7, 11) is 3.89. The molecule has 0 aliphatic carbocycles. The Morgan fingerprint density at radius 1 is 1.43 bits per heavy atom. The van der Waals surface area contributed by atoms with Crippen LogP contribution in [0, 0.1) is 0 Å². The molecule has 1 unspecified atom stereocenters. The number of rotatable bonds is 6. The molecule has 0 saturated heterocycles. The summed E-state index contributed by atoms with van der Waals surface area (Å²) in [6.45, 7) is 7.06. The fourth-order valence-electron chi connectivity index (χ4n) is 2.37. The molecule has 0 aliphatic rings. The Morgan fingerprint density at radius 2 is 2.14 bits per heavy atom. The standard InChI is InChI=1S/C15H25N5O/c1-11(2)12-8-13-14(16-6-7-20(13)18-12)17-9-15(3,21)10-19(4)5/h6-8,11,21H,9-10H2,1-5H3,(H,16,17). The molecular weight excluding hydrogens is 266 g/mol. The summed E-state index contributed by atoms with van der Waals surface area (Å²) in [5.41, 5.74) is 1.15. The smallest absolute Gasteiger partial charge is 0.152 e. The SMILES string of the molecule is CC(C)c1cc2c(NCC(C)(O)CN(C)C)nccn2n1. The van der Waals surface area contributed by atoms with Gasteiger partial charge in [0.2, 0.25) is 0 Å². The van der Waals surface area contributed by atoms with Crippen LogP contribution in [0.2, 0.25) is 0 Å². The Morgan fingerprint density at radius 3 is 2.76 bits per heavy atom. The number of aliphatic hydroxyl groups is 1. The lowest BCUT2D eigenvalue weighted by atomic mass is 10.1. The van der Waals surface area contributed by atoms with Crippen LogP contribution >= 0.6 is 0 Å². The maximum atomic E-state index is 10.4. The predicted octanol–water partition coefficient (Wildman–Crippen LogP) is 1.58. The van der Waals surface area contributed by atoms with Gasteiger partial charge in [-0.15, -0.1) is 0 Å². The van der Waals surface area contributed by atoms with Gasteiger partial charge in [-0.3, -0.25) is 0 Å². The second-order valence-electron chi connectivity index (χ2n) is 6.42. The fourth-order valence-corrected chi connectivity index (χ4v) is 2.37. The summed E-state index contributed by atoms with van der Waals surface area (Å²) >= 11 is 0. The van der Waals surface area contributed by atoms with E-state index in [0.717, 1.165) is 17.0 Å². The molecule has 116 valence electrons. The molecule has 0 spiro atoms. The van der Waals surface area contributed by atoms with Crippen molar-refractivity contribution in [2.75, 3.05) is 32.5 Å². The van der Waals surface area contributed by atoms with Gasteiger partial charge in [0.05, 0.1) is 11.3 Å². The van der Waals surface area contributed by atoms with E-state index in [1.807, 2.05) is 42.7 Å². The second kappa shape index (κ2) is 5.99. The average Bonchev–Trinajstić information content (AvgIpc) is 2.79. The number of anilines is 1. The van der Waals surface area contributed by atoms with E-state index in [1.165, 1.54) is 0 Å². The summed E-state index contributed by atoms with van der Waals surface area (Å²) in [6.07, 6.45) is 3.55. The van der Waals surface area contributed by atoms with Gasteiger partial charge in [0.25, 0.3) is 0 Å². The van der Waals surface area contributed by atoms with Gasteiger partial charge in [-0.05, 0) is 33.0 Å². The molecule has 2 heterocycles. The summed E-state index contributed by atoms with van der Waals surface area (Å²) in [4.78, 5) is 6.33. The third kappa shape index (κ3) is 3.92. The van der Waals surface area contributed by atoms with E-state index >= 15 is 0 Å². The van der Waals surface area contributed by atoms with Crippen LogP contribution in [-0.4, -0.2) is 57.4 Å². The third-order valence-electron chi connectivity index (χ3n) is 3.29. The summed E-state index contributed by atoms with van der Waals surface area (Å²) in [6, 6.07) is 2.04. The van der Waals surface area contributed by atoms with Crippen LogP contribution in [0.4, 0.5) is 5.82 Å². The maximum absolute atomic E-state index is 10.4. The number of aromatic nitrogens is 3. The van der Waals surface area contributed by atoms with Crippen LogP contribution in [0.15, 0.2) is 18.5 Å². The van der Waals surface area contributed by atoms with Crippen molar-refractivity contribution in [3.63, 3.8) is 0 Å². The van der Waals surface area contributed by atoms with Crippen LogP contribution in [0.25, 0.3) is 5.52 Å². The zero-order chi connectivity index (χ0) is 15.6. The Kier molecular flexibility index (Phi) is 4.49. The molecular formula is C15H25N5O. The minimum atomic E-state index is -0.821. The van der Waals surface area contributed by atoms with Crippen LogP contribution in [0.1, 0.15) is 32.4 Å². The minimum Gasteiger partial charge on any atom is -0.387 e. The van der Waals surface area contributed by atoms with Gasteiger partial charge in [0, 0.05) is 25.5 Å². The van der Waals surface area contributed by atoms with Crippen LogP contribution < -0.4 is 5.32 Å². The molecule has 2 aromatic heterocycles. The van der Waals surface area contributed by atoms with Crippen molar-refractivity contribution in [1.29, 1.82) is 0 Å². The highest BCUT2D eigenvalue weighted by molar-refractivity contribution is 5.68. The molecule has 2 rings (SSSR count). The zero-order valence-corrected chi connectivity index (χ0v) is 13.5. The molecule has 2 N–H and O–H groups in total. The normalized spacial score (nSPS) is 14.9. The van der Waals surface area contributed by atoms with E-state index < -0.39 is 5.60 Å². The molecule has 0 fully saturated rings. The van der Waals surface area contributed by atoms with Gasteiger partial charge < -0.3 is 15.3 Å². The van der Waals surface area contributed by atoms with E-state index in [-0.39, 0.29) is 0 Å².